The van der Waals surface area contributed by atoms with Crippen LogP contribution >= 0.6 is 0 Å². The molecule has 0 aromatic heterocycles. The van der Waals surface area contributed by atoms with Crippen LogP contribution in [0.15, 0.2) is 48.5 Å². The summed E-state index contributed by atoms with van der Waals surface area (Å²) in [5.74, 6) is 0. The second kappa shape index (κ2) is 7.05. The summed E-state index contributed by atoms with van der Waals surface area (Å²) in [4.78, 5) is 14.7. The normalized spacial score (nSPS) is 14.3. The third kappa shape index (κ3) is 3.33. The third-order valence-electron chi connectivity index (χ3n) is 4.32. The summed E-state index contributed by atoms with van der Waals surface area (Å²) in [5.41, 5.74) is 4.28. The van der Waals surface area contributed by atoms with E-state index >= 15 is 0 Å². The summed E-state index contributed by atoms with van der Waals surface area (Å²) in [6.45, 7) is 2.35. The Balaban J connectivity index is 1.93. The molecule has 3 rings (SSSR count). The molecule has 1 fully saturated rings. The molecule has 1 N–H and O–H groups in total. The molecule has 122 valence electrons. The average Bonchev–Trinajstić information content (AvgIpc) is 2.63. The fourth-order valence-electron chi connectivity index (χ4n) is 3.05. The molecule has 1 saturated heterocycles. The van der Waals surface area contributed by atoms with Crippen molar-refractivity contribution in [2.24, 2.45) is 0 Å². The highest BCUT2D eigenvalue weighted by atomic mass is 16.4. The van der Waals surface area contributed by atoms with Gasteiger partial charge in [-0.15, -0.1) is 0 Å². The first-order valence-electron chi connectivity index (χ1n) is 7.97. The molecule has 0 spiro atoms. The van der Waals surface area contributed by atoms with Gasteiger partial charge >= 0.3 is 6.09 Å². The molecule has 1 aliphatic rings. The van der Waals surface area contributed by atoms with Crippen LogP contribution in [0.25, 0.3) is 11.1 Å². The summed E-state index contributed by atoms with van der Waals surface area (Å²) in [7, 11) is 0. The Morgan fingerprint density at radius 3 is 2.42 bits per heavy atom. The van der Waals surface area contributed by atoms with Crippen molar-refractivity contribution in [1.82, 2.24) is 4.90 Å². The fourth-order valence-corrected chi connectivity index (χ4v) is 3.05. The lowest BCUT2D eigenvalue weighted by Gasteiger charge is -2.35. The van der Waals surface area contributed by atoms with Gasteiger partial charge in [0.1, 0.15) is 0 Å². The van der Waals surface area contributed by atoms with E-state index < -0.39 is 6.09 Å². The number of anilines is 1. The number of hydrogen-bond donors (Lipinski definition) is 1. The summed E-state index contributed by atoms with van der Waals surface area (Å²) in [6.07, 6.45) is -0.477. The number of hydrogen-bond acceptors (Lipinski definition) is 3. The summed E-state index contributed by atoms with van der Waals surface area (Å²) in [6, 6.07) is 18.4. The van der Waals surface area contributed by atoms with Crippen molar-refractivity contribution in [2.45, 2.75) is 6.42 Å². The molecule has 2 aromatic rings. The Morgan fingerprint density at radius 1 is 1.08 bits per heavy atom. The first-order chi connectivity index (χ1) is 11.7. The van der Waals surface area contributed by atoms with E-state index in [1.807, 2.05) is 30.3 Å². The number of benzene rings is 2. The Kier molecular flexibility index (Phi) is 4.66. The van der Waals surface area contributed by atoms with Crippen LogP contribution in [-0.2, 0) is 6.42 Å². The van der Waals surface area contributed by atoms with Gasteiger partial charge in [0.15, 0.2) is 0 Å². The number of rotatable bonds is 3. The highest BCUT2D eigenvalue weighted by molar-refractivity contribution is 5.79. The first-order valence-corrected chi connectivity index (χ1v) is 7.97. The van der Waals surface area contributed by atoms with Crippen molar-refractivity contribution in [2.75, 3.05) is 31.1 Å². The standard InChI is InChI=1S/C19H19N3O2/c20-9-8-15-6-7-18(17(14-15)16-4-2-1-3-5-16)21-10-12-22(13-11-21)19(23)24/h1-7,14H,8,10-13H2,(H,23,24). The monoisotopic (exact) mass is 321 g/mol. The number of piperazine rings is 1. The molecule has 0 atom stereocenters. The van der Waals surface area contributed by atoms with Gasteiger partial charge in [-0.2, -0.15) is 5.26 Å². The molecule has 0 unspecified atom stereocenters. The number of nitriles is 1. The van der Waals surface area contributed by atoms with E-state index in [0.717, 1.165) is 22.4 Å². The van der Waals surface area contributed by atoms with Gasteiger partial charge in [-0.25, -0.2) is 4.79 Å². The van der Waals surface area contributed by atoms with Gasteiger partial charge in [0.2, 0.25) is 0 Å². The fraction of sp³-hybridized carbons (Fsp3) is 0.263. The molecule has 24 heavy (non-hydrogen) atoms. The van der Waals surface area contributed by atoms with Crippen molar-refractivity contribution < 1.29 is 9.90 Å². The van der Waals surface area contributed by atoms with E-state index in [0.29, 0.717) is 32.6 Å². The second-order valence-electron chi connectivity index (χ2n) is 5.81. The Labute approximate surface area is 141 Å². The highest BCUT2D eigenvalue weighted by Gasteiger charge is 2.22. The third-order valence-corrected chi connectivity index (χ3v) is 4.32. The van der Waals surface area contributed by atoms with Gasteiger partial charge < -0.3 is 14.9 Å². The van der Waals surface area contributed by atoms with Crippen molar-refractivity contribution in [3.63, 3.8) is 0 Å². The topological polar surface area (TPSA) is 67.6 Å². The van der Waals surface area contributed by atoms with Crippen LogP contribution < -0.4 is 4.90 Å². The van der Waals surface area contributed by atoms with Crippen LogP contribution in [0.2, 0.25) is 0 Å². The van der Waals surface area contributed by atoms with Gasteiger partial charge in [0.05, 0.1) is 12.5 Å². The maximum atomic E-state index is 11.1. The number of amides is 1. The van der Waals surface area contributed by atoms with E-state index in [1.54, 1.807) is 0 Å². The lowest BCUT2D eigenvalue weighted by Crippen LogP contribution is -2.48. The zero-order chi connectivity index (χ0) is 16.9. The predicted molar refractivity (Wildman–Crippen MR) is 93.0 cm³/mol. The number of nitrogens with zero attached hydrogens (tertiary/aromatic N) is 3. The molecule has 5 heteroatoms. The molecular weight excluding hydrogens is 302 g/mol. The SMILES string of the molecule is N#CCc1ccc(N2CCN(C(=O)O)CC2)c(-c2ccccc2)c1. The predicted octanol–water partition coefficient (Wildman–Crippen LogP) is 3.22. The zero-order valence-corrected chi connectivity index (χ0v) is 13.4. The van der Waals surface area contributed by atoms with Crippen LogP contribution in [-0.4, -0.2) is 42.3 Å². The number of carbonyl (C=O) groups is 1. The van der Waals surface area contributed by atoms with Gasteiger partial charge in [-0.1, -0.05) is 36.4 Å². The molecule has 2 aromatic carbocycles. The van der Waals surface area contributed by atoms with Gasteiger partial charge in [-0.05, 0) is 23.3 Å². The maximum Gasteiger partial charge on any atom is 0.407 e. The van der Waals surface area contributed by atoms with Crippen LogP contribution in [0.3, 0.4) is 0 Å². The summed E-state index contributed by atoms with van der Waals surface area (Å²) >= 11 is 0. The van der Waals surface area contributed by atoms with E-state index in [4.69, 9.17) is 10.4 Å². The van der Waals surface area contributed by atoms with Gasteiger partial charge in [0, 0.05) is 37.4 Å². The highest BCUT2D eigenvalue weighted by Crippen LogP contribution is 2.32. The molecule has 1 aliphatic heterocycles. The van der Waals surface area contributed by atoms with E-state index in [9.17, 15) is 4.79 Å². The lowest BCUT2D eigenvalue weighted by atomic mass is 9.99. The molecule has 0 radical (unpaired) electrons. The molecule has 1 heterocycles. The van der Waals surface area contributed by atoms with E-state index in [-0.39, 0.29) is 0 Å². The summed E-state index contributed by atoms with van der Waals surface area (Å²) < 4.78 is 0. The molecular formula is C19H19N3O2. The lowest BCUT2D eigenvalue weighted by molar-refractivity contribution is 0.142. The van der Waals surface area contributed by atoms with Crippen molar-refractivity contribution in [3.05, 3.63) is 54.1 Å². The zero-order valence-electron chi connectivity index (χ0n) is 13.4. The summed E-state index contributed by atoms with van der Waals surface area (Å²) in [5, 5.41) is 18.1. The van der Waals surface area contributed by atoms with E-state index in [1.165, 1.54) is 4.90 Å². The molecule has 5 nitrogen and oxygen atoms in total. The molecule has 0 bridgehead atoms. The van der Waals surface area contributed by atoms with Crippen LogP contribution in [0, 0.1) is 11.3 Å². The minimum Gasteiger partial charge on any atom is -0.465 e. The Bertz CT molecular complexity index is 760. The molecule has 1 amide bonds. The van der Waals surface area contributed by atoms with E-state index in [2.05, 4.69) is 29.2 Å². The van der Waals surface area contributed by atoms with Gasteiger partial charge in [-0.3, -0.25) is 0 Å². The minimum absolute atomic E-state index is 0.382. The Morgan fingerprint density at radius 2 is 1.79 bits per heavy atom. The smallest absolute Gasteiger partial charge is 0.407 e. The molecule has 0 aliphatic carbocycles. The quantitative estimate of drug-likeness (QED) is 0.942. The van der Waals surface area contributed by atoms with Crippen molar-refractivity contribution in [3.8, 4) is 17.2 Å². The maximum absolute atomic E-state index is 11.1. The average molecular weight is 321 g/mol. The first kappa shape index (κ1) is 15.9. The number of carboxylic acid groups (broad SMARTS) is 1. The second-order valence-corrected chi connectivity index (χ2v) is 5.81. The van der Waals surface area contributed by atoms with Crippen LogP contribution in [0.1, 0.15) is 5.56 Å². The largest absolute Gasteiger partial charge is 0.465 e. The minimum atomic E-state index is -0.859. The van der Waals surface area contributed by atoms with Crippen molar-refractivity contribution in [1.29, 1.82) is 5.26 Å². The van der Waals surface area contributed by atoms with Gasteiger partial charge in [0.25, 0.3) is 0 Å². The molecule has 0 saturated carbocycles. The van der Waals surface area contributed by atoms with Crippen molar-refractivity contribution >= 4 is 11.8 Å². The van der Waals surface area contributed by atoms with Crippen LogP contribution in [0.4, 0.5) is 10.5 Å². The Hall–Kier alpha value is -3.00. The van der Waals surface area contributed by atoms with Crippen LogP contribution in [0.5, 0.6) is 0 Å².